The third kappa shape index (κ3) is 3.45. The van der Waals surface area contributed by atoms with E-state index in [0.29, 0.717) is 30.5 Å². The number of nitrogens with two attached hydrogens (primary N) is 1. The van der Waals surface area contributed by atoms with Crippen LogP contribution in [0.1, 0.15) is 29.5 Å². The molecule has 1 heterocycles. The number of hydrogen-bond acceptors (Lipinski definition) is 4. The lowest BCUT2D eigenvalue weighted by Crippen LogP contribution is -2.40. The SMILES string of the molecule is Cc1cc(C)c(S(=O)(=O)N2CCC(CON)CC2)c(C)c1. The molecule has 1 aliphatic heterocycles. The molecule has 1 aromatic rings. The van der Waals surface area contributed by atoms with Gasteiger partial charge in [0.1, 0.15) is 0 Å². The summed E-state index contributed by atoms with van der Waals surface area (Å²) in [6.45, 7) is 7.27. The highest BCUT2D eigenvalue weighted by molar-refractivity contribution is 7.89. The lowest BCUT2D eigenvalue weighted by Gasteiger charge is -2.31. The number of nitrogens with zero attached hydrogens (tertiary/aromatic N) is 1. The molecule has 0 spiro atoms. The summed E-state index contributed by atoms with van der Waals surface area (Å²) in [5, 5.41) is 0. The van der Waals surface area contributed by atoms with Gasteiger partial charge >= 0.3 is 0 Å². The minimum Gasteiger partial charge on any atom is -0.304 e. The Kier molecular flexibility index (Phi) is 5.03. The molecule has 0 aromatic heterocycles. The topological polar surface area (TPSA) is 72.6 Å². The summed E-state index contributed by atoms with van der Waals surface area (Å²) < 4.78 is 27.3. The standard InChI is InChI=1S/C15H24N2O3S/c1-11-8-12(2)15(13(3)9-11)21(18,19)17-6-4-14(5-7-17)10-20-16/h8-9,14H,4-7,10,16H2,1-3H3. The molecule has 0 unspecified atom stereocenters. The van der Waals surface area contributed by atoms with E-state index >= 15 is 0 Å². The van der Waals surface area contributed by atoms with E-state index < -0.39 is 10.0 Å². The van der Waals surface area contributed by atoms with E-state index in [1.165, 1.54) is 0 Å². The molecule has 1 fully saturated rings. The number of sulfonamides is 1. The van der Waals surface area contributed by atoms with Crippen molar-refractivity contribution in [1.82, 2.24) is 4.31 Å². The Morgan fingerprint density at radius 3 is 2.19 bits per heavy atom. The zero-order valence-corrected chi connectivity index (χ0v) is 13.7. The molecule has 1 saturated heterocycles. The average molecular weight is 312 g/mol. The van der Waals surface area contributed by atoms with E-state index in [-0.39, 0.29) is 0 Å². The molecule has 2 N–H and O–H groups in total. The van der Waals surface area contributed by atoms with Crippen LogP contribution in [-0.4, -0.2) is 32.4 Å². The quantitative estimate of drug-likeness (QED) is 0.862. The highest BCUT2D eigenvalue weighted by Crippen LogP contribution is 2.28. The molecule has 118 valence electrons. The normalized spacial score (nSPS) is 18.1. The van der Waals surface area contributed by atoms with Crippen LogP contribution in [-0.2, 0) is 14.9 Å². The van der Waals surface area contributed by atoms with Crippen molar-refractivity contribution in [2.75, 3.05) is 19.7 Å². The molecular formula is C15H24N2O3S. The van der Waals surface area contributed by atoms with Crippen LogP contribution in [0.5, 0.6) is 0 Å². The summed E-state index contributed by atoms with van der Waals surface area (Å²) in [5.74, 6) is 5.44. The molecule has 1 aromatic carbocycles. The lowest BCUT2D eigenvalue weighted by molar-refractivity contribution is 0.0805. The molecule has 0 aliphatic carbocycles. The first kappa shape index (κ1) is 16.4. The maximum absolute atomic E-state index is 12.9. The van der Waals surface area contributed by atoms with Crippen LogP contribution in [0.3, 0.4) is 0 Å². The Hall–Kier alpha value is -0.950. The van der Waals surface area contributed by atoms with Crippen LogP contribution in [0.4, 0.5) is 0 Å². The Bertz CT molecular complexity index is 582. The van der Waals surface area contributed by atoms with E-state index in [2.05, 4.69) is 4.84 Å². The first-order valence-electron chi connectivity index (χ1n) is 7.26. The molecule has 0 saturated carbocycles. The van der Waals surface area contributed by atoms with Crippen LogP contribution in [0.15, 0.2) is 17.0 Å². The van der Waals surface area contributed by atoms with Gasteiger partial charge in [-0.05, 0) is 50.7 Å². The zero-order valence-electron chi connectivity index (χ0n) is 12.9. The summed E-state index contributed by atoms with van der Waals surface area (Å²) in [6, 6.07) is 3.85. The number of piperidine rings is 1. The van der Waals surface area contributed by atoms with Gasteiger partial charge in [-0.25, -0.2) is 14.3 Å². The Labute approximate surface area is 127 Å². The van der Waals surface area contributed by atoms with Crippen molar-refractivity contribution < 1.29 is 13.3 Å². The monoisotopic (exact) mass is 312 g/mol. The minimum atomic E-state index is -3.42. The van der Waals surface area contributed by atoms with Crippen molar-refractivity contribution in [3.8, 4) is 0 Å². The number of aryl methyl sites for hydroxylation is 3. The van der Waals surface area contributed by atoms with Gasteiger partial charge in [0, 0.05) is 13.1 Å². The molecule has 0 bridgehead atoms. The van der Waals surface area contributed by atoms with E-state index in [9.17, 15) is 8.42 Å². The Morgan fingerprint density at radius 2 is 1.71 bits per heavy atom. The van der Waals surface area contributed by atoms with E-state index in [1.807, 2.05) is 32.9 Å². The van der Waals surface area contributed by atoms with Gasteiger partial charge in [-0.2, -0.15) is 4.31 Å². The Balaban J connectivity index is 2.24. The average Bonchev–Trinajstić information content (AvgIpc) is 2.38. The van der Waals surface area contributed by atoms with Gasteiger partial charge in [0.2, 0.25) is 10.0 Å². The first-order valence-corrected chi connectivity index (χ1v) is 8.70. The van der Waals surface area contributed by atoms with E-state index in [4.69, 9.17) is 5.90 Å². The number of hydrogen-bond donors (Lipinski definition) is 1. The summed E-state index contributed by atoms with van der Waals surface area (Å²) in [6.07, 6.45) is 1.58. The van der Waals surface area contributed by atoms with Crippen LogP contribution in [0.2, 0.25) is 0 Å². The molecule has 0 radical (unpaired) electrons. The van der Waals surface area contributed by atoms with Gasteiger partial charge in [-0.1, -0.05) is 17.7 Å². The largest absolute Gasteiger partial charge is 0.304 e. The summed E-state index contributed by atoms with van der Waals surface area (Å²) in [5.41, 5.74) is 2.72. The van der Waals surface area contributed by atoms with Gasteiger partial charge in [0.15, 0.2) is 0 Å². The van der Waals surface area contributed by atoms with Crippen molar-refractivity contribution in [3.63, 3.8) is 0 Å². The molecule has 21 heavy (non-hydrogen) atoms. The number of benzene rings is 1. The van der Waals surface area contributed by atoms with Gasteiger partial charge in [-0.15, -0.1) is 0 Å². The predicted molar refractivity (Wildman–Crippen MR) is 82.3 cm³/mol. The fourth-order valence-electron chi connectivity index (χ4n) is 3.16. The fourth-order valence-corrected chi connectivity index (χ4v) is 5.04. The maximum Gasteiger partial charge on any atom is 0.243 e. The van der Waals surface area contributed by atoms with Gasteiger partial charge < -0.3 is 4.84 Å². The second-order valence-electron chi connectivity index (χ2n) is 5.91. The van der Waals surface area contributed by atoms with Crippen molar-refractivity contribution in [1.29, 1.82) is 0 Å². The zero-order chi connectivity index (χ0) is 15.6. The summed E-state index contributed by atoms with van der Waals surface area (Å²) in [7, 11) is -3.42. The predicted octanol–water partition coefficient (Wildman–Crippen LogP) is 1.90. The smallest absolute Gasteiger partial charge is 0.243 e. The molecule has 6 heteroatoms. The highest BCUT2D eigenvalue weighted by Gasteiger charge is 2.31. The van der Waals surface area contributed by atoms with Crippen molar-refractivity contribution in [3.05, 3.63) is 28.8 Å². The second-order valence-corrected chi connectivity index (χ2v) is 7.78. The minimum absolute atomic E-state index is 0.349. The molecule has 0 atom stereocenters. The fraction of sp³-hybridized carbons (Fsp3) is 0.600. The van der Waals surface area contributed by atoms with Crippen LogP contribution < -0.4 is 5.90 Å². The van der Waals surface area contributed by atoms with Gasteiger partial charge in [0.05, 0.1) is 11.5 Å². The number of rotatable bonds is 4. The summed E-state index contributed by atoms with van der Waals surface area (Å²) >= 11 is 0. The van der Waals surface area contributed by atoms with Crippen LogP contribution in [0, 0.1) is 26.7 Å². The molecule has 2 rings (SSSR count). The first-order chi connectivity index (χ1) is 9.86. The van der Waals surface area contributed by atoms with Gasteiger partial charge in [0.25, 0.3) is 0 Å². The van der Waals surface area contributed by atoms with Crippen molar-refractivity contribution >= 4 is 10.0 Å². The van der Waals surface area contributed by atoms with E-state index in [0.717, 1.165) is 29.5 Å². The third-order valence-corrected chi connectivity index (χ3v) is 6.31. The Morgan fingerprint density at radius 1 is 1.19 bits per heavy atom. The lowest BCUT2D eigenvalue weighted by atomic mass is 9.99. The second kappa shape index (κ2) is 6.44. The molecular weight excluding hydrogens is 288 g/mol. The third-order valence-electron chi connectivity index (χ3n) is 4.11. The van der Waals surface area contributed by atoms with Crippen LogP contribution >= 0.6 is 0 Å². The van der Waals surface area contributed by atoms with Crippen molar-refractivity contribution in [2.45, 2.75) is 38.5 Å². The molecule has 0 amide bonds. The van der Waals surface area contributed by atoms with Crippen LogP contribution in [0.25, 0.3) is 0 Å². The van der Waals surface area contributed by atoms with Gasteiger partial charge in [-0.3, -0.25) is 0 Å². The van der Waals surface area contributed by atoms with E-state index in [1.54, 1.807) is 4.31 Å². The summed E-state index contributed by atoms with van der Waals surface area (Å²) in [4.78, 5) is 5.13. The molecule has 1 aliphatic rings. The van der Waals surface area contributed by atoms with Crippen molar-refractivity contribution in [2.24, 2.45) is 11.8 Å². The highest BCUT2D eigenvalue weighted by atomic mass is 32.2. The maximum atomic E-state index is 12.9. The molecule has 5 nitrogen and oxygen atoms in total.